The molecule has 0 atom stereocenters. The summed E-state index contributed by atoms with van der Waals surface area (Å²) in [5.74, 6) is -1.11. The SMILES string of the molecule is Cn1c(/C(=C/C(=O)c2ccccc2)NCC(=O)O)cc2c1CCCC2. The van der Waals surface area contributed by atoms with E-state index in [0.29, 0.717) is 11.3 Å². The van der Waals surface area contributed by atoms with Crippen LogP contribution in [0.4, 0.5) is 0 Å². The van der Waals surface area contributed by atoms with E-state index in [4.69, 9.17) is 5.11 Å². The van der Waals surface area contributed by atoms with Gasteiger partial charge in [0, 0.05) is 24.4 Å². The van der Waals surface area contributed by atoms with Gasteiger partial charge >= 0.3 is 5.97 Å². The number of allylic oxidation sites excluding steroid dienone is 1. The van der Waals surface area contributed by atoms with Crippen LogP contribution in [0.15, 0.2) is 42.5 Å². The monoisotopic (exact) mass is 338 g/mol. The third kappa shape index (κ3) is 3.82. The van der Waals surface area contributed by atoms with Crippen LogP contribution in [0.2, 0.25) is 0 Å². The van der Waals surface area contributed by atoms with Gasteiger partial charge in [-0.2, -0.15) is 0 Å². The minimum absolute atomic E-state index is 0.146. The second-order valence-corrected chi connectivity index (χ2v) is 6.30. The smallest absolute Gasteiger partial charge is 0.322 e. The normalized spacial score (nSPS) is 14.0. The number of ketones is 1. The number of carboxylic acid groups (broad SMARTS) is 1. The number of rotatable bonds is 6. The first kappa shape index (κ1) is 17.0. The van der Waals surface area contributed by atoms with Crippen LogP contribution in [0.1, 0.15) is 40.2 Å². The van der Waals surface area contributed by atoms with E-state index in [1.807, 2.05) is 25.2 Å². The van der Waals surface area contributed by atoms with Crippen LogP contribution >= 0.6 is 0 Å². The second-order valence-electron chi connectivity index (χ2n) is 6.30. The Morgan fingerprint density at radius 3 is 2.60 bits per heavy atom. The average Bonchev–Trinajstić information content (AvgIpc) is 2.96. The molecule has 1 heterocycles. The zero-order valence-corrected chi connectivity index (χ0v) is 14.3. The molecule has 0 saturated heterocycles. The van der Waals surface area contributed by atoms with Gasteiger partial charge in [0.2, 0.25) is 0 Å². The summed E-state index contributed by atoms with van der Waals surface area (Å²) in [4.78, 5) is 23.5. The van der Waals surface area contributed by atoms with Crippen molar-refractivity contribution in [3.05, 3.63) is 65.0 Å². The molecule has 1 aliphatic rings. The average molecular weight is 338 g/mol. The molecule has 3 rings (SSSR count). The lowest BCUT2D eigenvalue weighted by molar-refractivity contribution is -0.135. The number of hydrogen-bond donors (Lipinski definition) is 2. The van der Waals surface area contributed by atoms with Crippen molar-refractivity contribution in [3.8, 4) is 0 Å². The Morgan fingerprint density at radius 2 is 1.92 bits per heavy atom. The Hall–Kier alpha value is -2.82. The molecule has 130 valence electrons. The number of aryl methyl sites for hydroxylation is 1. The number of hydrogen-bond acceptors (Lipinski definition) is 3. The fraction of sp³-hybridized carbons (Fsp3) is 0.300. The highest BCUT2D eigenvalue weighted by molar-refractivity contribution is 6.08. The van der Waals surface area contributed by atoms with Crippen LogP contribution in [0.3, 0.4) is 0 Å². The molecule has 1 aromatic heterocycles. The molecule has 0 amide bonds. The van der Waals surface area contributed by atoms with Crippen LogP contribution in [0.25, 0.3) is 5.70 Å². The van der Waals surface area contributed by atoms with E-state index in [-0.39, 0.29) is 12.3 Å². The minimum Gasteiger partial charge on any atom is -0.480 e. The maximum absolute atomic E-state index is 12.6. The van der Waals surface area contributed by atoms with Crippen LogP contribution in [-0.4, -0.2) is 28.0 Å². The zero-order valence-electron chi connectivity index (χ0n) is 14.3. The molecule has 0 saturated carbocycles. The lowest BCUT2D eigenvalue weighted by atomic mass is 9.98. The highest BCUT2D eigenvalue weighted by Gasteiger charge is 2.19. The lowest BCUT2D eigenvalue weighted by Gasteiger charge is -2.15. The molecule has 5 nitrogen and oxygen atoms in total. The van der Waals surface area contributed by atoms with Crippen molar-refractivity contribution in [1.29, 1.82) is 0 Å². The Balaban J connectivity index is 1.97. The van der Waals surface area contributed by atoms with E-state index in [2.05, 4.69) is 16.0 Å². The third-order valence-electron chi connectivity index (χ3n) is 4.60. The van der Waals surface area contributed by atoms with E-state index in [1.165, 1.54) is 23.8 Å². The van der Waals surface area contributed by atoms with Gasteiger partial charge in [-0.3, -0.25) is 9.59 Å². The quantitative estimate of drug-likeness (QED) is 0.628. The molecule has 2 N–H and O–H groups in total. The molecule has 5 heteroatoms. The first-order valence-electron chi connectivity index (χ1n) is 8.51. The van der Waals surface area contributed by atoms with E-state index >= 15 is 0 Å². The van der Waals surface area contributed by atoms with Gasteiger partial charge in [-0.15, -0.1) is 0 Å². The van der Waals surface area contributed by atoms with Crippen molar-refractivity contribution in [2.45, 2.75) is 25.7 Å². The molecule has 25 heavy (non-hydrogen) atoms. The van der Waals surface area contributed by atoms with Gasteiger partial charge in [-0.1, -0.05) is 30.3 Å². The molecule has 0 fully saturated rings. The van der Waals surface area contributed by atoms with Crippen molar-refractivity contribution in [3.63, 3.8) is 0 Å². The first-order valence-corrected chi connectivity index (χ1v) is 8.51. The molecule has 0 aliphatic heterocycles. The van der Waals surface area contributed by atoms with Gasteiger partial charge in [-0.25, -0.2) is 0 Å². The fourth-order valence-electron chi connectivity index (χ4n) is 3.32. The van der Waals surface area contributed by atoms with Crippen LogP contribution < -0.4 is 5.32 Å². The summed E-state index contributed by atoms with van der Waals surface area (Å²) < 4.78 is 2.08. The van der Waals surface area contributed by atoms with Crippen LogP contribution in [0.5, 0.6) is 0 Å². The minimum atomic E-state index is -0.961. The summed E-state index contributed by atoms with van der Waals surface area (Å²) in [5, 5.41) is 11.9. The Bertz CT molecular complexity index is 819. The van der Waals surface area contributed by atoms with Crippen molar-refractivity contribution in [1.82, 2.24) is 9.88 Å². The second kappa shape index (κ2) is 7.38. The Morgan fingerprint density at radius 1 is 1.20 bits per heavy atom. The molecular weight excluding hydrogens is 316 g/mol. The Labute approximate surface area is 147 Å². The third-order valence-corrected chi connectivity index (χ3v) is 4.60. The molecule has 0 spiro atoms. The van der Waals surface area contributed by atoms with E-state index in [0.717, 1.165) is 25.0 Å². The van der Waals surface area contributed by atoms with Crippen molar-refractivity contribution in [2.24, 2.45) is 7.05 Å². The van der Waals surface area contributed by atoms with Crippen molar-refractivity contribution < 1.29 is 14.7 Å². The first-order chi connectivity index (χ1) is 12.1. The van der Waals surface area contributed by atoms with Gasteiger partial charge in [0.15, 0.2) is 5.78 Å². The molecular formula is C20H22N2O3. The van der Waals surface area contributed by atoms with Crippen LogP contribution in [-0.2, 0) is 24.7 Å². The highest BCUT2D eigenvalue weighted by atomic mass is 16.4. The number of carboxylic acids is 1. The maximum atomic E-state index is 12.6. The number of aliphatic carboxylic acids is 1. The number of aromatic nitrogens is 1. The number of carbonyl (C=O) groups is 2. The Kier molecular flexibility index (Phi) is 5.03. The van der Waals surface area contributed by atoms with E-state index in [1.54, 1.807) is 12.1 Å². The van der Waals surface area contributed by atoms with Gasteiger partial charge in [0.25, 0.3) is 0 Å². The standard InChI is InChI=1S/C20H22N2O3/c1-22-17-10-6-5-9-15(17)11-18(22)16(21-13-20(24)25)12-19(23)14-7-3-2-4-8-14/h2-4,7-8,11-12,21H,5-6,9-10,13H2,1H3,(H,24,25)/b16-12-. The van der Waals surface area contributed by atoms with Crippen LogP contribution in [0, 0.1) is 0 Å². The number of fused-ring (bicyclic) bond motifs is 1. The van der Waals surface area contributed by atoms with E-state index < -0.39 is 5.97 Å². The molecule has 0 unspecified atom stereocenters. The summed E-state index contributed by atoms with van der Waals surface area (Å²) in [6, 6.07) is 11.1. The summed E-state index contributed by atoms with van der Waals surface area (Å²) >= 11 is 0. The number of nitrogens with zero attached hydrogens (tertiary/aromatic N) is 1. The van der Waals surface area contributed by atoms with Gasteiger partial charge in [0.1, 0.15) is 6.54 Å². The molecule has 2 aromatic rings. The van der Waals surface area contributed by atoms with Crippen molar-refractivity contribution >= 4 is 17.4 Å². The number of benzene rings is 1. The topological polar surface area (TPSA) is 71.3 Å². The van der Waals surface area contributed by atoms with Gasteiger partial charge in [-0.05, 0) is 37.3 Å². The maximum Gasteiger partial charge on any atom is 0.322 e. The predicted octanol–water partition coefficient (Wildman–Crippen LogP) is 2.80. The largest absolute Gasteiger partial charge is 0.480 e. The summed E-state index contributed by atoms with van der Waals surface area (Å²) in [6.45, 7) is -0.232. The number of nitrogens with one attached hydrogen (secondary N) is 1. The molecule has 0 bridgehead atoms. The summed E-state index contributed by atoms with van der Waals surface area (Å²) in [7, 11) is 1.97. The summed E-state index contributed by atoms with van der Waals surface area (Å²) in [6.07, 6.45) is 5.88. The van der Waals surface area contributed by atoms with E-state index in [9.17, 15) is 9.59 Å². The fourth-order valence-corrected chi connectivity index (χ4v) is 3.32. The highest BCUT2D eigenvalue weighted by Crippen LogP contribution is 2.27. The van der Waals surface area contributed by atoms with Crippen molar-refractivity contribution in [2.75, 3.05) is 6.54 Å². The van der Waals surface area contributed by atoms with Gasteiger partial charge < -0.3 is 15.0 Å². The van der Waals surface area contributed by atoms with Gasteiger partial charge in [0.05, 0.1) is 11.4 Å². The molecule has 1 aromatic carbocycles. The number of carbonyl (C=O) groups excluding carboxylic acids is 1. The summed E-state index contributed by atoms with van der Waals surface area (Å²) in [5.41, 5.74) is 4.55. The molecule has 1 aliphatic carbocycles. The zero-order chi connectivity index (χ0) is 17.8. The predicted molar refractivity (Wildman–Crippen MR) is 96.4 cm³/mol. The molecule has 0 radical (unpaired) electrons. The lowest BCUT2D eigenvalue weighted by Crippen LogP contribution is -2.23.